The normalized spacial score (nSPS) is 16.4. The van der Waals surface area contributed by atoms with E-state index < -0.39 is 0 Å². The molecule has 1 atom stereocenters. The quantitative estimate of drug-likeness (QED) is 0.709. The number of phenols is 1. The minimum atomic E-state index is 0.149. The number of benzene rings is 2. The molecule has 0 aliphatic carbocycles. The molecule has 122 valence electrons. The maximum atomic E-state index is 10.4. The van der Waals surface area contributed by atoms with Gasteiger partial charge in [0.2, 0.25) is 0 Å². The molecule has 4 nitrogen and oxygen atoms in total. The molecule has 2 aromatic carbocycles. The maximum absolute atomic E-state index is 10.4. The summed E-state index contributed by atoms with van der Waals surface area (Å²) in [5, 5.41) is 10.4. The number of hydrogen-bond donors (Lipinski definition) is 2. The summed E-state index contributed by atoms with van der Waals surface area (Å²) in [6, 6.07) is 14.1. The van der Waals surface area contributed by atoms with Crippen LogP contribution in [0.1, 0.15) is 22.7 Å². The van der Waals surface area contributed by atoms with Crippen LogP contribution in [0.2, 0.25) is 0 Å². The van der Waals surface area contributed by atoms with E-state index >= 15 is 0 Å². The number of ether oxygens (including phenoxy) is 1. The first-order valence-corrected chi connectivity index (χ1v) is 8.38. The van der Waals surface area contributed by atoms with Gasteiger partial charge in [0.1, 0.15) is 18.1 Å². The third kappa shape index (κ3) is 2.83. The van der Waals surface area contributed by atoms with Gasteiger partial charge in [0.25, 0.3) is 0 Å². The summed E-state index contributed by atoms with van der Waals surface area (Å²) in [7, 11) is 0. The average Bonchev–Trinajstić information content (AvgIpc) is 3.02. The minimum Gasteiger partial charge on any atom is -0.508 e. The molecule has 0 radical (unpaired) electrons. The second-order valence-corrected chi connectivity index (χ2v) is 6.48. The molecule has 5 heteroatoms. The first-order chi connectivity index (χ1) is 11.7. The number of nitrogens with one attached hydrogen (secondary N) is 1. The minimum absolute atomic E-state index is 0.149. The highest BCUT2D eigenvalue weighted by molar-refractivity contribution is 7.71. The van der Waals surface area contributed by atoms with E-state index in [-0.39, 0.29) is 6.04 Å². The van der Waals surface area contributed by atoms with Crippen LogP contribution in [0, 0.1) is 4.77 Å². The highest BCUT2D eigenvalue weighted by Crippen LogP contribution is 2.35. The molecule has 2 heterocycles. The third-order valence-electron chi connectivity index (χ3n) is 4.46. The lowest BCUT2D eigenvalue weighted by molar-refractivity contribution is 0.222. The fourth-order valence-corrected chi connectivity index (χ4v) is 3.48. The zero-order valence-electron chi connectivity index (χ0n) is 13.1. The number of phenolic OH excluding ortho intramolecular Hbond substituents is 1. The predicted octanol–water partition coefficient (Wildman–Crippen LogP) is 4.02. The Morgan fingerprint density at radius 1 is 1.25 bits per heavy atom. The summed E-state index contributed by atoms with van der Waals surface area (Å²) in [6.07, 6.45) is 5.25. The van der Waals surface area contributed by atoms with E-state index in [0.717, 1.165) is 23.3 Å². The van der Waals surface area contributed by atoms with Crippen molar-refractivity contribution in [3.05, 3.63) is 76.3 Å². The molecular weight excluding hydrogens is 320 g/mol. The van der Waals surface area contributed by atoms with E-state index in [1.807, 2.05) is 47.3 Å². The van der Waals surface area contributed by atoms with Crippen LogP contribution in [0.25, 0.3) is 0 Å². The van der Waals surface area contributed by atoms with Gasteiger partial charge in [0.15, 0.2) is 4.77 Å². The molecule has 2 N–H and O–H groups in total. The third-order valence-corrected chi connectivity index (χ3v) is 4.78. The van der Waals surface area contributed by atoms with Crippen molar-refractivity contribution in [2.75, 3.05) is 6.61 Å². The van der Waals surface area contributed by atoms with Gasteiger partial charge in [-0.1, -0.05) is 30.3 Å². The van der Waals surface area contributed by atoms with Crippen molar-refractivity contribution in [3.8, 4) is 11.5 Å². The van der Waals surface area contributed by atoms with Crippen LogP contribution in [0.15, 0.2) is 54.9 Å². The number of aromatic amines is 1. The Balaban J connectivity index is 1.61. The molecule has 0 fully saturated rings. The van der Waals surface area contributed by atoms with Crippen LogP contribution in [0.5, 0.6) is 11.5 Å². The largest absolute Gasteiger partial charge is 0.508 e. The van der Waals surface area contributed by atoms with E-state index in [1.165, 1.54) is 5.56 Å². The molecular formula is C19H18N2O2S. The van der Waals surface area contributed by atoms with E-state index in [1.54, 1.807) is 0 Å². The Hall–Kier alpha value is -2.53. The van der Waals surface area contributed by atoms with Gasteiger partial charge in [0, 0.05) is 30.8 Å². The maximum Gasteiger partial charge on any atom is 0.177 e. The SMILES string of the molecule is Oc1cc2c(cc1Cc1ccccc1)OCC(n1cc[nH]c1=S)C2. The lowest BCUT2D eigenvalue weighted by atomic mass is 9.97. The van der Waals surface area contributed by atoms with Gasteiger partial charge < -0.3 is 19.4 Å². The molecule has 4 rings (SSSR count). The van der Waals surface area contributed by atoms with Crippen molar-refractivity contribution in [3.63, 3.8) is 0 Å². The Kier molecular flexibility index (Phi) is 3.86. The Morgan fingerprint density at radius 2 is 2.08 bits per heavy atom. The zero-order valence-corrected chi connectivity index (χ0v) is 13.9. The van der Waals surface area contributed by atoms with Gasteiger partial charge >= 0.3 is 0 Å². The Labute approximate surface area is 145 Å². The summed E-state index contributed by atoms with van der Waals surface area (Å²) >= 11 is 5.29. The van der Waals surface area contributed by atoms with E-state index in [2.05, 4.69) is 17.1 Å². The monoisotopic (exact) mass is 338 g/mol. The summed E-state index contributed by atoms with van der Waals surface area (Å²) in [5.41, 5.74) is 3.07. The molecule has 0 saturated carbocycles. The number of hydrogen-bond acceptors (Lipinski definition) is 3. The zero-order chi connectivity index (χ0) is 16.5. The van der Waals surface area contributed by atoms with Crippen molar-refractivity contribution in [1.29, 1.82) is 0 Å². The van der Waals surface area contributed by atoms with Gasteiger partial charge in [0.05, 0.1) is 6.04 Å². The van der Waals surface area contributed by atoms with Gasteiger partial charge in [-0.2, -0.15) is 0 Å². The van der Waals surface area contributed by atoms with Crippen molar-refractivity contribution in [2.45, 2.75) is 18.9 Å². The van der Waals surface area contributed by atoms with Crippen LogP contribution in [-0.4, -0.2) is 21.3 Å². The molecule has 24 heavy (non-hydrogen) atoms. The van der Waals surface area contributed by atoms with Crippen molar-refractivity contribution >= 4 is 12.2 Å². The number of imidazole rings is 1. The molecule has 0 saturated heterocycles. The van der Waals surface area contributed by atoms with Crippen molar-refractivity contribution < 1.29 is 9.84 Å². The predicted molar refractivity (Wildman–Crippen MR) is 95.2 cm³/mol. The van der Waals surface area contributed by atoms with Gasteiger partial charge in [-0.05, 0) is 35.5 Å². The smallest absolute Gasteiger partial charge is 0.177 e. The van der Waals surface area contributed by atoms with E-state index in [9.17, 15) is 5.11 Å². The van der Waals surface area contributed by atoms with Crippen molar-refractivity contribution in [2.24, 2.45) is 0 Å². The summed E-state index contributed by atoms with van der Waals surface area (Å²) in [4.78, 5) is 3.01. The first-order valence-electron chi connectivity index (χ1n) is 7.98. The van der Waals surface area contributed by atoms with Gasteiger partial charge in [-0.25, -0.2) is 0 Å². The van der Waals surface area contributed by atoms with Crippen LogP contribution in [0.3, 0.4) is 0 Å². The second kappa shape index (κ2) is 6.17. The number of aromatic nitrogens is 2. The fraction of sp³-hybridized carbons (Fsp3) is 0.211. The van der Waals surface area contributed by atoms with E-state index in [0.29, 0.717) is 23.5 Å². The van der Waals surface area contributed by atoms with Crippen LogP contribution in [0.4, 0.5) is 0 Å². The topological polar surface area (TPSA) is 50.2 Å². The standard InChI is InChI=1S/C19H18N2O2S/c22-17-10-15-9-16(21-7-6-20-19(21)24)12-23-18(15)11-14(17)8-13-4-2-1-3-5-13/h1-7,10-11,16,22H,8-9,12H2,(H,20,24). The summed E-state index contributed by atoms with van der Waals surface area (Å²) in [5.74, 6) is 1.18. The lowest BCUT2D eigenvalue weighted by Gasteiger charge is -2.27. The molecule has 1 aliphatic rings. The van der Waals surface area contributed by atoms with Crippen LogP contribution < -0.4 is 4.74 Å². The van der Waals surface area contributed by atoms with Gasteiger partial charge in [-0.3, -0.25) is 0 Å². The first kappa shape index (κ1) is 15.0. The van der Waals surface area contributed by atoms with Crippen molar-refractivity contribution in [1.82, 2.24) is 9.55 Å². The summed E-state index contributed by atoms with van der Waals surface area (Å²) in [6.45, 7) is 0.578. The molecule has 1 unspecified atom stereocenters. The number of aromatic hydroxyl groups is 1. The average molecular weight is 338 g/mol. The Morgan fingerprint density at radius 3 is 2.83 bits per heavy atom. The van der Waals surface area contributed by atoms with Crippen LogP contribution >= 0.6 is 12.2 Å². The molecule has 0 amide bonds. The number of nitrogens with zero attached hydrogens (tertiary/aromatic N) is 1. The lowest BCUT2D eigenvalue weighted by Crippen LogP contribution is -2.24. The molecule has 0 spiro atoms. The number of fused-ring (bicyclic) bond motifs is 1. The molecule has 3 aromatic rings. The Bertz CT molecular complexity index is 915. The fourth-order valence-electron chi connectivity index (χ4n) is 3.20. The molecule has 1 aromatic heterocycles. The van der Waals surface area contributed by atoms with Crippen LogP contribution in [-0.2, 0) is 12.8 Å². The highest BCUT2D eigenvalue weighted by atomic mass is 32.1. The molecule has 0 bridgehead atoms. The number of rotatable bonds is 3. The van der Waals surface area contributed by atoms with Gasteiger partial charge in [-0.15, -0.1) is 0 Å². The second-order valence-electron chi connectivity index (χ2n) is 6.09. The highest BCUT2D eigenvalue weighted by Gasteiger charge is 2.23. The summed E-state index contributed by atoms with van der Waals surface area (Å²) < 4.78 is 8.65. The molecule has 1 aliphatic heterocycles. The van der Waals surface area contributed by atoms with E-state index in [4.69, 9.17) is 17.0 Å². The number of H-pyrrole nitrogens is 1.